The zero-order valence-corrected chi connectivity index (χ0v) is 14.1. The van der Waals surface area contributed by atoms with Crippen molar-refractivity contribution in [3.63, 3.8) is 0 Å². The Balaban J connectivity index is 2.02. The molecule has 3 nitrogen and oxygen atoms in total. The number of benzene rings is 1. The number of methoxy groups -OCH3 is 1. The maximum Gasteiger partial charge on any atom is 0.227 e. The van der Waals surface area contributed by atoms with E-state index in [1.165, 1.54) is 12.8 Å². The van der Waals surface area contributed by atoms with Crippen molar-refractivity contribution in [2.75, 3.05) is 20.3 Å². The first kappa shape index (κ1) is 17.0. The van der Waals surface area contributed by atoms with Crippen molar-refractivity contribution < 1.29 is 9.53 Å². The summed E-state index contributed by atoms with van der Waals surface area (Å²) in [7, 11) is 1.75. The summed E-state index contributed by atoms with van der Waals surface area (Å²) in [4.78, 5) is 12.7. The molecule has 1 amide bonds. The third kappa shape index (κ3) is 4.10. The number of carbonyl (C=O) groups is 1. The Kier molecular flexibility index (Phi) is 6.01. The molecule has 1 aliphatic rings. The second-order valence-corrected chi connectivity index (χ2v) is 6.99. The topological polar surface area (TPSA) is 38.3 Å². The van der Waals surface area contributed by atoms with Crippen LogP contribution in [0.5, 0.6) is 0 Å². The summed E-state index contributed by atoms with van der Waals surface area (Å²) < 4.78 is 5.40. The van der Waals surface area contributed by atoms with Crippen LogP contribution in [0, 0.1) is 11.3 Å². The fraction of sp³-hybridized carbons (Fsp3) is 0.632. The summed E-state index contributed by atoms with van der Waals surface area (Å²) in [5.74, 6) is 0.343. The fourth-order valence-corrected chi connectivity index (χ4v) is 3.69. The van der Waals surface area contributed by atoms with Crippen LogP contribution in [-0.2, 0) is 9.53 Å². The molecular weight excluding hydrogens is 274 g/mol. The molecule has 0 spiro atoms. The zero-order chi connectivity index (χ0) is 16.0. The van der Waals surface area contributed by atoms with Crippen molar-refractivity contribution in [2.24, 2.45) is 11.3 Å². The van der Waals surface area contributed by atoms with E-state index in [0.29, 0.717) is 0 Å². The molecule has 0 unspecified atom stereocenters. The van der Waals surface area contributed by atoms with E-state index in [9.17, 15) is 4.79 Å². The van der Waals surface area contributed by atoms with Gasteiger partial charge in [-0.2, -0.15) is 0 Å². The van der Waals surface area contributed by atoms with Crippen molar-refractivity contribution in [1.29, 1.82) is 0 Å². The summed E-state index contributed by atoms with van der Waals surface area (Å²) >= 11 is 0. The first-order valence-corrected chi connectivity index (χ1v) is 8.39. The number of ether oxygens (including phenoxy) is 1. The molecule has 0 heterocycles. The highest BCUT2D eigenvalue weighted by atomic mass is 16.5. The lowest BCUT2D eigenvalue weighted by atomic mass is 9.85. The van der Waals surface area contributed by atoms with Crippen molar-refractivity contribution >= 4 is 5.91 Å². The predicted octanol–water partition coefficient (Wildman–Crippen LogP) is 3.75. The van der Waals surface area contributed by atoms with Gasteiger partial charge in [-0.1, -0.05) is 57.0 Å². The Morgan fingerprint density at radius 3 is 2.41 bits per heavy atom. The van der Waals surface area contributed by atoms with Crippen molar-refractivity contribution in [3.8, 4) is 0 Å². The molecule has 0 radical (unpaired) electrons. The normalized spacial score (nSPS) is 18.4. The molecule has 0 aromatic heterocycles. The fourth-order valence-electron chi connectivity index (χ4n) is 3.69. The molecule has 1 aromatic rings. The van der Waals surface area contributed by atoms with Crippen LogP contribution < -0.4 is 5.32 Å². The van der Waals surface area contributed by atoms with Crippen LogP contribution in [0.25, 0.3) is 0 Å². The maximum atomic E-state index is 12.7. The largest absolute Gasteiger partial charge is 0.384 e. The maximum absolute atomic E-state index is 12.7. The number of nitrogens with one attached hydrogen (secondary N) is 1. The van der Waals surface area contributed by atoms with Gasteiger partial charge < -0.3 is 10.1 Å². The van der Waals surface area contributed by atoms with Crippen LogP contribution >= 0.6 is 0 Å². The molecule has 1 aliphatic carbocycles. The summed E-state index contributed by atoms with van der Waals surface area (Å²) in [6.45, 7) is 5.69. The average molecular weight is 303 g/mol. The van der Waals surface area contributed by atoms with Gasteiger partial charge in [0, 0.05) is 19.1 Å². The van der Waals surface area contributed by atoms with E-state index in [1.54, 1.807) is 7.11 Å². The zero-order valence-electron chi connectivity index (χ0n) is 14.1. The van der Waals surface area contributed by atoms with Gasteiger partial charge in [0.25, 0.3) is 0 Å². The first-order chi connectivity index (χ1) is 10.6. The molecule has 1 saturated carbocycles. The summed E-state index contributed by atoms with van der Waals surface area (Å²) in [5, 5.41) is 3.21. The lowest BCUT2D eigenvalue weighted by Crippen LogP contribution is -2.41. The van der Waals surface area contributed by atoms with Gasteiger partial charge in [-0.3, -0.25) is 4.79 Å². The molecule has 3 heteroatoms. The van der Waals surface area contributed by atoms with Gasteiger partial charge in [-0.15, -0.1) is 0 Å². The molecule has 0 aliphatic heterocycles. The summed E-state index contributed by atoms with van der Waals surface area (Å²) in [5.41, 5.74) is 1.24. The molecule has 1 fully saturated rings. The Labute approximate surface area is 134 Å². The van der Waals surface area contributed by atoms with Gasteiger partial charge in [0.15, 0.2) is 0 Å². The second kappa shape index (κ2) is 7.77. The Hall–Kier alpha value is -1.35. The van der Waals surface area contributed by atoms with Gasteiger partial charge in [-0.05, 0) is 24.3 Å². The molecule has 2 rings (SSSR count). The smallest absolute Gasteiger partial charge is 0.227 e. The number of carbonyl (C=O) groups excluding carboxylic acids is 1. The van der Waals surface area contributed by atoms with Crippen LogP contribution in [0.15, 0.2) is 30.3 Å². The average Bonchev–Trinajstić information content (AvgIpc) is 2.95. The van der Waals surface area contributed by atoms with Crippen molar-refractivity contribution in [1.82, 2.24) is 5.32 Å². The van der Waals surface area contributed by atoms with Gasteiger partial charge in [0.05, 0.1) is 12.5 Å². The standard InChI is InChI=1S/C19H29NO2/c1-15(2)17(16-9-5-4-6-10-16)18(21)20-13-19(14-22-3)11-7-8-12-19/h4-6,9-10,15,17H,7-8,11-14H2,1-3H3,(H,20,21)/t17-/m0/s1. The molecule has 22 heavy (non-hydrogen) atoms. The monoisotopic (exact) mass is 303 g/mol. The van der Waals surface area contributed by atoms with E-state index in [-0.39, 0.29) is 23.2 Å². The quantitative estimate of drug-likeness (QED) is 0.833. The molecule has 1 N–H and O–H groups in total. The van der Waals surface area contributed by atoms with Crippen LogP contribution in [0.3, 0.4) is 0 Å². The van der Waals surface area contributed by atoms with E-state index >= 15 is 0 Å². The summed E-state index contributed by atoms with van der Waals surface area (Å²) in [6.07, 6.45) is 4.79. The molecule has 0 saturated heterocycles. The lowest BCUT2D eigenvalue weighted by Gasteiger charge is -2.30. The molecule has 1 aromatic carbocycles. The first-order valence-electron chi connectivity index (χ1n) is 8.39. The highest BCUT2D eigenvalue weighted by Crippen LogP contribution is 2.38. The Morgan fingerprint density at radius 2 is 1.86 bits per heavy atom. The third-order valence-electron chi connectivity index (χ3n) is 4.86. The van der Waals surface area contributed by atoms with Crippen LogP contribution in [-0.4, -0.2) is 26.2 Å². The Bertz CT molecular complexity index is 464. The Morgan fingerprint density at radius 1 is 1.23 bits per heavy atom. The number of hydrogen-bond donors (Lipinski definition) is 1. The van der Waals surface area contributed by atoms with Crippen LogP contribution in [0.4, 0.5) is 0 Å². The van der Waals surface area contributed by atoms with Crippen molar-refractivity contribution in [2.45, 2.75) is 45.4 Å². The molecular formula is C19H29NO2. The number of amides is 1. The van der Waals surface area contributed by atoms with Crippen molar-refractivity contribution in [3.05, 3.63) is 35.9 Å². The second-order valence-electron chi connectivity index (χ2n) is 6.99. The number of rotatable bonds is 7. The minimum Gasteiger partial charge on any atom is -0.384 e. The molecule has 1 atom stereocenters. The highest BCUT2D eigenvalue weighted by Gasteiger charge is 2.35. The highest BCUT2D eigenvalue weighted by molar-refractivity contribution is 5.83. The molecule has 0 bridgehead atoms. The van der Waals surface area contributed by atoms with Gasteiger partial charge in [-0.25, -0.2) is 0 Å². The van der Waals surface area contributed by atoms with Gasteiger partial charge >= 0.3 is 0 Å². The van der Waals surface area contributed by atoms with E-state index in [1.807, 2.05) is 30.3 Å². The third-order valence-corrected chi connectivity index (χ3v) is 4.86. The number of hydrogen-bond acceptors (Lipinski definition) is 2. The molecule has 122 valence electrons. The lowest BCUT2D eigenvalue weighted by molar-refractivity contribution is -0.124. The predicted molar refractivity (Wildman–Crippen MR) is 89.8 cm³/mol. The van der Waals surface area contributed by atoms with E-state index < -0.39 is 0 Å². The van der Waals surface area contributed by atoms with E-state index in [0.717, 1.165) is 31.6 Å². The van der Waals surface area contributed by atoms with Gasteiger partial charge in [0.2, 0.25) is 5.91 Å². The van der Waals surface area contributed by atoms with E-state index in [4.69, 9.17) is 4.74 Å². The SMILES string of the molecule is COCC1(CNC(=O)[C@H](c2ccccc2)C(C)C)CCCC1. The van der Waals surface area contributed by atoms with E-state index in [2.05, 4.69) is 19.2 Å². The van der Waals surface area contributed by atoms with Crippen LogP contribution in [0.1, 0.15) is 51.0 Å². The minimum absolute atomic E-state index is 0.0813. The van der Waals surface area contributed by atoms with Gasteiger partial charge in [0.1, 0.15) is 0 Å². The summed E-state index contributed by atoms with van der Waals surface area (Å²) in [6, 6.07) is 10.1. The minimum atomic E-state index is -0.0813. The van der Waals surface area contributed by atoms with Crippen LogP contribution in [0.2, 0.25) is 0 Å².